The zero-order valence-electron chi connectivity index (χ0n) is 11.3. The minimum atomic E-state index is -0.378. The van der Waals surface area contributed by atoms with Crippen molar-refractivity contribution < 1.29 is 9.90 Å². The van der Waals surface area contributed by atoms with Crippen LogP contribution in [-0.2, 0) is 4.79 Å². The average Bonchev–Trinajstić information content (AvgIpc) is 2.29. The summed E-state index contributed by atoms with van der Waals surface area (Å²) in [5, 5.41) is 15.7. The molecule has 0 radical (unpaired) electrons. The summed E-state index contributed by atoms with van der Waals surface area (Å²) in [7, 11) is 1.84. The molecule has 3 atom stereocenters. The molecule has 1 saturated carbocycles. The Morgan fingerprint density at radius 2 is 2.29 bits per heavy atom. The molecule has 3 unspecified atom stereocenters. The van der Waals surface area contributed by atoms with Crippen molar-refractivity contribution in [1.82, 2.24) is 10.6 Å². The van der Waals surface area contributed by atoms with Gasteiger partial charge in [-0.3, -0.25) is 4.79 Å². The first-order valence-corrected chi connectivity index (χ1v) is 6.60. The molecule has 1 rings (SSSR count). The highest BCUT2D eigenvalue weighted by Gasteiger charge is 2.36. The normalized spacial score (nSPS) is 30.9. The van der Waals surface area contributed by atoms with Gasteiger partial charge in [-0.1, -0.05) is 26.7 Å². The molecule has 4 nitrogen and oxygen atoms in total. The van der Waals surface area contributed by atoms with Gasteiger partial charge in [0.05, 0.1) is 12.1 Å². The van der Waals surface area contributed by atoms with Crippen LogP contribution in [0.5, 0.6) is 0 Å². The lowest BCUT2D eigenvalue weighted by atomic mass is 9.76. The first kappa shape index (κ1) is 14.5. The third-order valence-electron chi connectivity index (χ3n) is 3.74. The van der Waals surface area contributed by atoms with Crippen LogP contribution in [0, 0.1) is 11.8 Å². The number of aliphatic hydroxyl groups is 1. The van der Waals surface area contributed by atoms with E-state index in [4.69, 9.17) is 0 Å². The highest BCUT2D eigenvalue weighted by molar-refractivity contribution is 5.79. The molecule has 0 heterocycles. The molecule has 1 aliphatic carbocycles. The summed E-state index contributed by atoms with van der Waals surface area (Å²) in [5.41, 5.74) is -0.378. The topological polar surface area (TPSA) is 61.4 Å². The van der Waals surface area contributed by atoms with Crippen LogP contribution in [0.4, 0.5) is 0 Å². The summed E-state index contributed by atoms with van der Waals surface area (Å²) in [4.78, 5) is 12.0. The number of aliphatic hydroxyl groups excluding tert-OH is 1. The van der Waals surface area contributed by atoms with E-state index in [9.17, 15) is 9.90 Å². The highest BCUT2D eigenvalue weighted by atomic mass is 16.3. The molecule has 1 amide bonds. The van der Waals surface area contributed by atoms with E-state index >= 15 is 0 Å². The van der Waals surface area contributed by atoms with Gasteiger partial charge in [-0.25, -0.2) is 0 Å². The Bertz CT molecular complexity index is 258. The Kier molecular flexibility index (Phi) is 5.40. The maximum Gasteiger partial charge on any atom is 0.224 e. The number of hydrogen-bond acceptors (Lipinski definition) is 3. The SMILES string of the molecule is CNCC(C)C(=O)NC1(CO)CCCC(C)C1. The lowest BCUT2D eigenvalue weighted by Gasteiger charge is -2.40. The first-order valence-electron chi connectivity index (χ1n) is 6.60. The van der Waals surface area contributed by atoms with Crippen LogP contribution in [0.15, 0.2) is 0 Å². The summed E-state index contributed by atoms with van der Waals surface area (Å²) in [6.07, 6.45) is 4.07. The second-order valence-electron chi connectivity index (χ2n) is 5.59. The summed E-state index contributed by atoms with van der Waals surface area (Å²) < 4.78 is 0. The van der Waals surface area contributed by atoms with Crippen molar-refractivity contribution in [2.75, 3.05) is 20.2 Å². The van der Waals surface area contributed by atoms with Crippen molar-refractivity contribution in [3.63, 3.8) is 0 Å². The minimum Gasteiger partial charge on any atom is -0.394 e. The number of carbonyl (C=O) groups is 1. The van der Waals surface area contributed by atoms with Crippen LogP contribution >= 0.6 is 0 Å². The van der Waals surface area contributed by atoms with E-state index in [-0.39, 0.29) is 24.0 Å². The second kappa shape index (κ2) is 6.36. The van der Waals surface area contributed by atoms with E-state index in [2.05, 4.69) is 17.6 Å². The van der Waals surface area contributed by atoms with Gasteiger partial charge in [0.2, 0.25) is 5.91 Å². The maximum absolute atomic E-state index is 12.0. The third-order valence-corrected chi connectivity index (χ3v) is 3.74. The van der Waals surface area contributed by atoms with E-state index in [1.807, 2.05) is 14.0 Å². The average molecular weight is 242 g/mol. The van der Waals surface area contributed by atoms with Gasteiger partial charge in [0.15, 0.2) is 0 Å². The number of rotatable bonds is 5. The predicted molar refractivity (Wildman–Crippen MR) is 68.7 cm³/mol. The number of amides is 1. The number of nitrogens with one attached hydrogen (secondary N) is 2. The number of carbonyl (C=O) groups excluding carboxylic acids is 1. The molecule has 1 fully saturated rings. The smallest absolute Gasteiger partial charge is 0.224 e. The quantitative estimate of drug-likeness (QED) is 0.671. The molecule has 0 saturated heterocycles. The van der Waals surface area contributed by atoms with E-state index in [0.29, 0.717) is 12.5 Å². The zero-order valence-corrected chi connectivity index (χ0v) is 11.3. The molecule has 3 N–H and O–H groups in total. The molecule has 0 bridgehead atoms. The molecule has 0 aliphatic heterocycles. The highest BCUT2D eigenvalue weighted by Crippen LogP contribution is 2.32. The monoisotopic (exact) mass is 242 g/mol. The molecule has 0 aromatic carbocycles. The molecule has 4 heteroatoms. The standard InChI is InChI=1S/C13H26N2O2/c1-10-5-4-6-13(7-10,9-16)15-12(17)11(2)8-14-3/h10-11,14,16H,4-9H2,1-3H3,(H,15,17). The molecule has 0 spiro atoms. The van der Waals surface area contributed by atoms with Gasteiger partial charge in [-0.15, -0.1) is 0 Å². The molecule has 1 aliphatic rings. The maximum atomic E-state index is 12.0. The van der Waals surface area contributed by atoms with Crippen LogP contribution in [0.3, 0.4) is 0 Å². The summed E-state index contributed by atoms with van der Waals surface area (Å²) in [5.74, 6) is 0.568. The lowest BCUT2D eigenvalue weighted by molar-refractivity contribution is -0.127. The Morgan fingerprint density at radius 3 is 2.82 bits per heavy atom. The minimum absolute atomic E-state index is 0.0440. The van der Waals surface area contributed by atoms with Crippen LogP contribution in [0.1, 0.15) is 39.5 Å². The second-order valence-corrected chi connectivity index (χ2v) is 5.59. The van der Waals surface area contributed by atoms with Crippen LogP contribution < -0.4 is 10.6 Å². The fourth-order valence-corrected chi connectivity index (χ4v) is 2.74. The van der Waals surface area contributed by atoms with E-state index in [1.54, 1.807) is 0 Å². The Labute approximate surface area is 104 Å². The Hall–Kier alpha value is -0.610. The first-order chi connectivity index (χ1) is 8.03. The van der Waals surface area contributed by atoms with Gasteiger partial charge in [-0.05, 0) is 25.8 Å². The molecule has 0 aromatic rings. The fraction of sp³-hybridized carbons (Fsp3) is 0.923. The molecular formula is C13H26N2O2. The van der Waals surface area contributed by atoms with Crippen molar-refractivity contribution in [3.8, 4) is 0 Å². The van der Waals surface area contributed by atoms with E-state index < -0.39 is 0 Å². The van der Waals surface area contributed by atoms with Crippen LogP contribution in [-0.4, -0.2) is 36.8 Å². The summed E-state index contributed by atoms with van der Waals surface area (Å²) in [6.45, 7) is 4.81. The van der Waals surface area contributed by atoms with Crippen molar-refractivity contribution >= 4 is 5.91 Å². The van der Waals surface area contributed by atoms with Gasteiger partial charge >= 0.3 is 0 Å². The largest absolute Gasteiger partial charge is 0.394 e. The Morgan fingerprint density at radius 1 is 1.59 bits per heavy atom. The van der Waals surface area contributed by atoms with E-state index in [0.717, 1.165) is 19.3 Å². The van der Waals surface area contributed by atoms with Crippen LogP contribution in [0.2, 0.25) is 0 Å². The molecule has 0 aromatic heterocycles. The van der Waals surface area contributed by atoms with Gasteiger partial charge in [-0.2, -0.15) is 0 Å². The van der Waals surface area contributed by atoms with Crippen molar-refractivity contribution in [2.24, 2.45) is 11.8 Å². The fourth-order valence-electron chi connectivity index (χ4n) is 2.74. The Balaban J connectivity index is 2.58. The van der Waals surface area contributed by atoms with Gasteiger partial charge in [0.1, 0.15) is 0 Å². The summed E-state index contributed by atoms with van der Waals surface area (Å²) in [6, 6.07) is 0. The van der Waals surface area contributed by atoms with Crippen molar-refractivity contribution in [3.05, 3.63) is 0 Å². The molecule has 17 heavy (non-hydrogen) atoms. The lowest BCUT2D eigenvalue weighted by Crippen LogP contribution is -2.55. The number of hydrogen-bond donors (Lipinski definition) is 3. The van der Waals surface area contributed by atoms with Gasteiger partial charge in [0.25, 0.3) is 0 Å². The molecule has 100 valence electrons. The molecular weight excluding hydrogens is 216 g/mol. The zero-order chi connectivity index (χ0) is 12.9. The predicted octanol–water partition coefficient (Wildman–Crippen LogP) is 0.899. The summed E-state index contributed by atoms with van der Waals surface area (Å²) >= 11 is 0. The van der Waals surface area contributed by atoms with Gasteiger partial charge in [0, 0.05) is 12.5 Å². The van der Waals surface area contributed by atoms with Crippen molar-refractivity contribution in [2.45, 2.75) is 45.1 Å². The van der Waals surface area contributed by atoms with Crippen molar-refractivity contribution in [1.29, 1.82) is 0 Å². The third kappa shape index (κ3) is 3.96. The van der Waals surface area contributed by atoms with Crippen LogP contribution in [0.25, 0.3) is 0 Å². The van der Waals surface area contributed by atoms with Gasteiger partial charge < -0.3 is 15.7 Å². The van der Waals surface area contributed by atoms with E-state index in [1.165, 1.54) is 6.42 Å².